The number of hydrogen-bond donors (Lipinski definition) is 3. The van der Waals surface area contributed by atoms with Gasteiger partial charge in [-0.05, 0) is 74.0 Å². The van der Waals surface area contributed by atoms with Gasteiger partial charge in [-0.2, -0.15) is 0 Å². The Bertz CT molecular complexity index is 1690. The number of hydrogen-bond acceptors (Lipinski definition) is 9. The summed E-state index contributed by atoms with van der Waals surface area (Å²) >= 11 is 2.59. The quantitative estimate of drug-likeness (QED) is 0.0929. The number of thiazole rings is 1. The lowest BCUT2D eigenvalue weighted by molar-refractivity contribution is -0.142. The molecule has 4 rings (SSSR count). The minimum absolute atomic E-state index is 0.0496. The summed E-state index contributed by atoms with van der Waals surface area (Å²) in [4.78, 5) is 57.9. The molecule has 1 aromatic heterocycles. The number of carbonyl (C=O) groups excluding carboxylic acids is 4. The van der Waals surface area contributed by atoms with Crippen LogP contribution < -0.4 is 20.9 Å². The summed E-state index contributed by atoms with van der Waals surface area (Å²) in [5.41, 5.74) is 3.32. The highest BCUT2D eigenvalue weighted by Crippen LogP contribution is 2.27. The Labute approximate surface area is 276 Å². The van der Waals surface area contributed by atoms with E-state index in [1.807, 2.05) is 49.3 Å². The van der Waals surface area contributed by atoms with E-state index in [1.54, 1.807) is 73.8 Å². The van der Waals surface area contributed by atoms with Gasteiger partial charge in [-0.15, -0.1) is 23.1 Å². The summed E-state index contributed by atoms with van der Waals surface area (Å²) in [6.07, 6.45) is 1.68. The molecule has 1 heterocycles. The molecule has 3 aromatic carbocycles. The molecule has 0 saturated heterocycles. The molecule has 0 radical (unpaired) electrons. The molecule has 10 nitrogen and oxygen atoms in total. The van der Waals surface area contributed by atoms with Gasteiger partial charge in [0.05, 0.1) is 24.0 Å². The van der Waals surface area contributed by atoms with Gasteiger partial charge >= 0.3 is 5.97 Å². The molecule has 238 valence electrons. The third kappa shape index (κ3) is 10.0. The molecule has 0 bridgehead atoms. The molecule has 12 heteroatoms. The summed E-state index contributed by atoms with van der Waals surface area (Å²) in [6.45, 7) is 3.82. The van der Waals surface area contributed by atoms with Crippen molar-refractivity contribution in [1.82, 2.24) is 10.3 Å². The van der Waals surface area contributed by atoms with Crippen LogP contribution in [0.15, 0.2) is 94.8 Å². The monoisotopic (exact) mass is 657 g/mol. The average molecular weight is 658 g/mol. The molecule has 3 amide bonds. The number of ether oxygens (including phenoxy) is 1. The Kier molecular flexibility index (Phi) is 12.1. The number of amides is 3. The van der Waals surface area contributed by atoms with Crippen LogP contribution in [-0.2, 0) is 25.5 Å². The molecular weight excluding hydrogens is 623 g/mol. The molecule has 46 heavy (non-hydrogen) atoms. The molecule has 0 fully saturated rings. The Morgan fingerprint density at radius 2 is 1.65 bits per heavy atom. The maximum Gasteiger partial charge on any atom is 0.311 e. The van der Waals surface area contributed by atoms with Crippen molar-refractivity contribution >= 4 is 69.4 Å². The number of nitrogens with zero attached hydrogens (tertiary/aromatic N) is 2. The number of aromatic nitrogens is 1. The van der Waals surface area contributed by atoms with Gasteiger partial charge in [-0.25, -0.2) is 4.98 Å². The predicted octanol–water partition coefficient (Wildman–Crippen LogP) is 5.84. The molecule has 0 aliphatic heterocycles. The van der Waals surface area contributed by atoms with Crippen LogP contribution in [0.25, 0.3) is 6.08 Å². The number of nitrogens with one attached hydrogen (secondary N) is 3. The van der Waals surface area contributed by atoms with Crippen LogP contribution in [-0.4, -0.2) is 54.6 Å². The van der Waals surface area contributed by atoms with Crippen molar-refractivity contribution in [2.45, 2.75) is 30.4 Å². The van der Waals surface area contributed by atoms with Gasteiger partial charge in [0, 0.05) is 41.3 Å². The van der Waals surface area contributed by atoms with Gasteiger partial charge in [0.1, 0.15) is 5.70 Å². The first-order chi connectivity index (χ1) is 22.1. The highest BCUT2D eigenvalue weighted by Gasteiger charge is 2.18. The highest BCUT2D eigenvalue weighted by atomic mass is 32.2. The number of benzene rings is 3. The Hall–Kier alpha value is -4.94. The van der Waals surface area contributed by atoms with E-state index in [1.165, 1.54) is 23.1 Å². The predicted molar refractivity (Wildman–Crippen MR) is 184 cm³/mol. The van der Waals surface area contributed by atoms with Crippen LogP contribution >= 0.6 is 23.1 Å². The van der Waals surface area contributed by atoms with E-state index in [4.69, 9.17) is 4.74 Å². The molecule has 0 spiro atoms. The van der Waals surface area contributed by atoms with Crippen molar-refractivity contribution in [2.75, 3.05) is 36.2 Å². The van der Waals surface area contributed by atoms with E-state index in [9.17, 15) is 19.2 Å². The molecule has 0 saturated carbocycles. The van der Waals surface area contributed by atoms with Crippen molar-refractivity contribution in [3.8, 4) is 0 Å². The maximum atomic E-state index is 13.4. The second-order valence-electron chi connectivity index (χ2n) is 10.2. The highest BCUT2D eigenvalue weighted by molar-refractivity contribution is 8.00. The molecule has 4 aromatic rings. The minimum atomic E-state index is -0.486. The van der Waals surface area contributed by atoms with Crippen molar-refractivity contribution < 1.29 is 23.9 Å². The normalized spacial score (nSPS) is 11.7. The Morgan fingerprint density at radius 3 is 2.30 bits per heavy atom. The van der Waals surface area contributed by atoms with Gasteiger partial charge < -0.3 is 25.6 Å². The summed E-state index contributed by atoms with van der Waals surface area (Å²) in [6, 6.07) is 23.3. The Morgan fingerprint density at radius 1 is 0.957 bits per heavy atom. The van der Waals surface area contributed by atoms with Crippen LogP contribution in [0, 0.1) is 0 Å². The van der Waals surface area contributed by atoms with Gasteiger partial charge in [0.15, 0.2) is 5.13 Å². The number of rotatable bonds is 13. The maximum absolute atomic E-state index is 13.4. The second kappa shape index (κ2) is 16.4. The lowest BCUT2D eigenvalue weighted by Gasteiger charge is -2.14. The lowest BCUT2D eigenvalue weighted by Crippen LogP contribution is -2.30. The Balaban J connectivity index is 1.39. The SMILES string of the molecule is CCOC(=O)Cc1csc(NC(=O)C(C)Sc2ccc(NC(=O)/C(=C/c3ccc(N(C)C)cc3)NC(=O)c3ccccc3)cc2)n1. The van der Waals surface area contributed by atoms with Crippen molar-refractivity contribution in [2.24, 2.45) is 0 Å². The number of thioether (sulfide) groups is 1. The summed E-state index contributed by atoms with van der Waals surface area (Å²) in [5.74, 6) is -1.49. The number of esters is 1. The third-order valence-electron chi connectivity index (χ3n) is 6.46. The molecule has 0 aliphatic carbocycles. The molecule has 0 aliphatic rings. The smallest absolute Gasteiger partial charge is 0.311 e. The van der Waals surface area contributed by atoms with E-state index in [2.05, 4.69) is 20.9 Å². The zero-order valence-electron chi connectivity index (χ0n) is 25.9. The summed E-state index contributed by atoms with van der Waals surface area (Å²) < 4.78 is 4.94. The first-order valence-electron chi connectivity index (χ1n) is 14.5. The van der Waals surface area contributed by atoms with Crippen molar-refractivity contribution in [1.29, 1.82) is 0 Å². The van der Waals surface area contributed by atoms with Crippen LogP contribution in [0.1, 0.15) is 35.5 Å². The zero-order chi connectivity index (χ0) is 33.1. The molecule has 1 unspecified atom stereocenters. The number of carbonyl (C=O) groups is 4. The summed E-state index contributed by atoms with van der Waals surface area (Å²) in [7, 11) is 3.88. The van der Waals surface area contributed by atoms with E-state index < -0.39 is 17.1 Å². The summed E-state index contributed by atoms with van der Waals surface area (Å²) in [5, 5.41) is 10.1. The fourth-order valence-corrected chi connectivity index (χ4v) is 5.64. The fourth-order valence-electron chi connectivity index (χ4n) is 4.06. The lowest BCUT2D eigenvalue weighted by atomic mass is 10.1. The topological polar surface area (TPSA) is 130 Å². The van der Waals surface area contributed by atoms with E-state index in [-0.39, 0.29) is 24.0 Å². The number of anilines is 3. The molecule has 3 N–H and O–H groups in total. The van der Waals surface area contributed by atoms with E-state index >= 15 is 0 Å². The van der Waals surface area contributed by atoms with Crippen molar-refractivity contribution in [3.05, 3.63) is 107 Å². The van der Waals surface area contributed by atoms with E-state index in [0.717, 1.165) is 16.1 Å². The first-order valence-corrected chi connectivity index (χ1v) is 16.2. The van der Waals surface area contributed by atoms with Gasteiger partial charge in [0.2, 0.25) is 5.91 Å². The van der Waals surface area contributed by atoms with Crippen LogP contribution in [0.4, 0.5) is 16.5 Å². The first kappa shape index (κ1) is 33.9. The molecular formula is C34H35N5O5S2. The van der Waals surface area contributed by atoms with Gasteiger partial charge in [-0.3, -0.25) is 19.2 Å². The van der Waals surface area contributed by atoms with Gasteiger partial charge in [0.25, 0.3) is 11.8 Å². The molecule has 1 atom stereocenters. The minimum Gasteiger partial charge on any atom is -0.466 e. The van der Waals surface area contributed by atoms with Crippen LogP contribution in [0.5, 0.6) is 0 Å². The zero-order valence-corrected chi connectivity index (χ0v) is 27.5. The van der Waals surface area contributed by atoms with Gasteiger partial charge in [-0.1, -0.05) is 30.3 Å². The van der Waals surface area contributed by atoms with E-state index in [0.29, 0.717) is 28.7 Å². The third-order valence-corrected chi connectivity index (χ3v) is 8.37. The van der Waals surface area contributed by atoms with Crippen LogP contribution in [0.2, 0.25) is 0 Å². The standard InChI is InChI=1S/C34H35N5O5S2/c1-5-44-30(40)20-26-21-45-34(36-26)38-31(41)22(2)46-28-17-13-25(14-18-28)35-33(43)29(37-32(42)24-9-7-6-8-10-24)19-23-11-15-27(16-12-23)39(3)4/h6-19,21-22H,5,20H2,1-4H3,(H,35,43)(H,37,42)(H,36,38,41)/b29-19-. The fraction of sp³-hybridized carbons (Fsp3) is 0.206. The second-order valence-corrected chi connectivity index (χ2v) is 12.5. The van der Waals surface area contributed by atoms with Crippen LogP contribution in [0.3, 0.4) is 0 Å². The largest absolute Gasteiger partial charge is 0.466 e. The van der Waals surface area contributed by atoms with Crippen molar-refractivity contribution in [3.63, 3.8) is 0 Å². The average Bonchev–Trinajstić information content (AvgIpc) is 3.48.